The van der Waals surface area contributed by atoms with E-state index in [1.54, 1.807) is 24.3 Å². The highest BCUT2D eigenvalue weighted by atomic mass is 35.5. The summed E-state index contributed by atoms with van der Waals surface area (Å²) >= 11 is 5.96. The molecular weight excluding hydrogens is 282 g/mol. The molecular formula is C13H12ClN3O3. The molecule has 0 aliphatic rings. The van der Waals surface area contributed by atoms with Crippen LogP contribution in [0.1, 0.15) is 10.4 Å². The molecule has 1 unspecified atom stereocenters. The monoisotopic (exact) mass is 293 g/mol. The molecule has 2 rings (SSSR count). The van der Waals surface area contributed by atoms with Crippen molar-refractivity contribution in [1.29, 1.82) is 0 Å². The van der Waals surface area contributed by atoms with Crippen LogP contribution in [0.5, 0.6) is 0 Å². The summed E-state index contributed by atoms with van der Waals surface area (Å²) in [6, 6.07) is 7.05. The molecule has 0 bridgehead atoms. The average molecular weight is 294 g/mol. The van der Waals surface area contributed by atoms with Gasteiger partial charge in [-0.2, -0.15) is 0 Å². The van der Waals surface area contributed by atoms with Gasteiger partial charge in [-0.05, 0) is 5.39 Å². The second kappa shape index (κ2) is 5.85. The number of amides is 2. The van der Waals surface area contributed by atoms with Crippen LogP contribution in [0.3, 0.4) is 0 Å². The Morgan fingerprint density at radius 1 is 1.35 bits per heavy atom. The summed E-state index contributed by atoms with van der Waals surface area (Å²) in [6.07, 6.45) is -0.0816. The van der Waals surface area contributed by atoms with Gasteiger partial charge >= 0.3 is 0 Å². The van der Waals surface area contributed by atoms with Crippen LogP contribution in [-0.2, 0) is 4.79 Å². The number of primary amides is 1. The molecule has 104 valence electrons. The first-order chi connectivity index (χ1) is 9.50. The van der Waals surface area contributed by atoms with E-state index < -0.39 is 17.9 Å². The third-order valence-corrected chi connectivity index (χ3v) is 3.08. The Morgan fingerprint density at radius 2 is 2.00 bits per heavy atom. The van der Waals surface area contributed by atoms with Crippen molar-refractivity contribution < 1.29 is 14.7 Å². The number of nitrogens with one attached hydrogen (secondary N) is 1. The summed E-state index contributed by atoms with van der Waals surface area (Å²) in [5, 5.41) is 13.3. The zero-order valence-electron chi connectivity index (χ0n) is 10.3. The van der Waals surface area contributed by atoms with Crippen molar-refractivity contribution in [1.82, 2.24) is 10.3 Å². The summed E-state index contributed by atoms with van der Waals surface area (Å²) < 4.78 is 0. The lowest BCUT2D eigenvalue weighted by molar-refractivity contribution is -0.125. The summed E-state index contributed by atoms with van der Waals surface area (Å²) in [5.41, 5.74) is 5.21. The van der Waals surface area contributed by atoms with E-state index in [0.717, 1.165) is 0 Å². The molecule has 6 nitrogen and oxygen atoms in total. The topological polar surface area (TPSA) is 105 Å². The Kier molecular flexibility index (Phi) is 4.16. The van der Waals surface area contributed by atoms with Gasteiger partial charge < -0.3 is 16.2 Å². The summed E-state index contributed by atoms with van der Waals surface area (Å²) in [5.74, 6) is -1.37. The summed E-state index contributed by atoms with van der Waals surface area (Å²) in [6.45, 7) is -0.259. The lowest BCUT2D eigenvalue weighted by Crippen LogP contribution is -2.40. The van der Waals surface area contributed by atoms with Gasteiger partial charge in [-0.25, -0.2) is 4.98 Å². The van der Waals surface area contributed by atoms with Crippen molar-refractivity contribution in [2.75, 3.05) is 6.54 Å². The number of aromatic nitrogens is 1. The van der Waals surface area contributed by atoms with Crippen molar-refractivity contribution in [3.05, 3.63) is 41.2 Å². The number of nitrogens with zero attached hydrogens (tertiary/aromatic N) is 1. The minimum Gasteiger partial charge on any atom is -0.381 e. The number of fused-ring (bicyclic) bond motifs is 1. The highest BCUT2D eigenvalue weighted by molar-refractivity contribution is 6.34. The predicted molar refractivity (Wildman–Crippen MR) is 74.3 cm³/mol. The molecule has 1 aromatic heterocycles. The fourth-order valence-corrected chi connectivity index (χ4v) is 1.94. The van der Waals surface area contributed by atoms with Crippen LogP contribution in [0, 0.1) is 0 Å². The lowest BCUT2D eigenvalue weighted by Gasteiger charge is -2.10. The van der Waals surface area contributed by atoms with Gasteiger partial charge in [0.1, 0.15) is 11.3 Å². The minimum atomic E-state index is -1.43. The van der Waals surface area contributed by atoms with Crippen molar-refractivity contribution in [2.24, 2.45) is 5.73 Å². The van der Waals surface area contributed by atoms with Crippen molar-refractivity contribution in [3.8, 4) is 0 Å². The molecule has 1 atom stereocenters. The largest absolute Gasteiger partial charge is 0.381 e. The second-order valence-corrected chi connectivity index (χ2v) is 4.49. The number of pyridine rings is 1. The number of benzene rings is 1. The maximum Gasteiger partial charge on any atom is 0.253 e. The maximum absolute atomic E-state index is 12.0. The summed E-state index contributed by atoms with van der Waals surface area (Å²) in [4.78, 5) is 26.7. The number of hydrogen-bond acceptors (Lipinski definition) is 4. The molecule has 2 aromatic rings. The van der Waals surface area contributed by atoms with E-state index >= 15 is 0 Å². The van der Waals surface area contributed by atoms with E-state index in [1.807, 2.05) is 0 Å². The van der Waals surface area contributed by atoms with Crippen LogP contribution < -0.4 is 11.1 Å². The number of carbonyl (C=O) groups excluding carboxylic acids is 2. The Bertz CT molecular complexity index is 675. The average Bonchev–Trinajstić information content (AvgIpc) is 2.45. The van der Waals surface area contributed by atoms with E-state index in [2.05, 4.69) is 10.3 Å². The fourth-order valence-electron chi connectivity index (χ4n) is 1.72. The predicted octanol–water partition coefficient (Wildman–Crippen LogP) is 0.464. The minimum absolute atomic E-state index is 0.259. The number of aliphatic hydroxyl groups is 1. The number of halogens is 1. The van der Waals surface area contributed by atoms with Gasteiger partial charge in [-0.15, -0.1) is 0 Å². The van der Waals surface area contributed by atoms with Crippen molar-refractivity contribution in [3.63, 3.8) is 0 Å². The zero-order chi connectivity index (χ0) is 14.7. The molecule has 1 aromatic carbocycles. The molecule has 0 spiro atoms. The first kappa shape index (κ1) is 14.2. The number of rotatable bonds is 4. The Morgan fingerprint density at radius 3 is 2.65 bits per heavy atom. The zero-order valence-corrected chi connectivity index (χ0v) is 11.1. The first-order valence-corrected chi connectivity index (χ1v) is 6.17. The van der Waals surface area contributed by atoms with Crippen LogP contribution in [0.25, 0.3) is 10.8 Å². The van der Waals surface area contributed by atoms with Gasteiger partial charge in [0, 0.05) is 11.6 Å². The van der Waals surface area contributed by atoms with E-state index in [9.17, 15) is 14.7 Å². The lowest BCUT2D eigenvalue weighted by atomic mass is 10.1. The van der Waals surface area contributed by atoms with E-state index in [1.165, 1.54) is 6.20 Å². The van der Waals surface area contributed by atoms with Gasteiger partial charge in [-0.1, -0.05) is 35.9 Å². The van der Waals surface area contributed by atoms with Crippen LogP contribution in [0.4, 0.5) is 0 Å². The molecule has 0 aliphatic carbocycles. The van der Waals surface area contributed by atoms with Crippen LogP contribution in [0.15, 0.2) is 30.5 Å². The normalized spacial score (nSPS) is 12.1. The second-order valence-electron chi connectivity index (χ2n) is 4.14. The fraction of sp³-hybridized carbons (Fsp3) is 0.154. The third-order valence-electron chi connectivity index (χ3n) is 2.78. The Labute approximate surface area is 119 Å². The van der Waals surface area contributed by atoms with Gasteiger partial charge in [0.05, 0.1) is 12.1 Å². The van der Waals surface area contributed by atoms with Crippen LogP contribution in [0.2, 0.25) is 5.15 Å². The molecule has 0 saturated heterocycles. The Balaban J connectivity index is 2.27. The van der Waals surface area contributed by atoms with Gasteiger partial charge in [0.15, 0.2) is 0 Å². The Hall–Kier alpha value is -2.18. The van der Waals surface area contributed by atoms with Crippen LogP contribution >= 0.6 is 11.6 Å². The van der Waals surface area contributed by atoms with E-state index in [4.69, 9.17) is 17.3 Å². The smallest absolute Gasteiger partial charge is 0.253 e. The van der Waals surface area contributed by atoms with Gasteiger partial charge in [0.25, 0.3) is 5.91 Å². The van der Waals surface area contributed by atoms with Crippen molar-refractivity contribution in [2.45, 2.75) is 6.10 Å². The molecule has 1 heterocycles. The summed E-state index contributed by atoms with van der Waals surface area (Å²) in [7, 11) is 0. The number of hydrogen-bond donors (Lipinski definition) is 3. The molecule has 0 fully saturated rings. The quantitative estimate of drug-likeness (QED) is 0.712. The number of aliphatic hydroxyl groups excluding tert-OH is 1. The van der Waals surface area contributed by atoms with E-state index in [-0.39, 0.29) is 6.54 Å². The molecule has 2 amide bonds. The maximum atomic E-state index is 12.0. The third kappa shape index (κ3) is 2.87. The molecule has 20 heavy (non-hydrogen) atoms. The standard InChI is InChI=1S/C13H12ClN3O3/c14-11-8-4-2-1-3-7(8)9(5-16-11)13(20)17-6-10(18)12(15)19/h1-5,10,18H,6H2,(H2,15,19)(H,17,20). The number of nitrogens with two attached hydrogens (primary N) is 1. The van der Waals surface area contributed by atoms with Crippen LogP contribution in [-0.4, -0.2) is 34.6 Å². The van der Waals surface area contributed by atoms with Crippen molar-refractivity contribution >= 4 is 34.2 Å². The molecule has 0 saturated carbocycles. The van der Waals surface area contributed by atoms with Gasteiger partial charge in [0.2, 0.25) is 5.91 Å². The molecule has 4 N–H and O–H groups in total. The number of carbonyl (C=O) groups is 2. The molecule has 7 heteroatoms. The highest BCUT2D eigenvalue weighted by Gasteiger charge is 2.16. The highest BCUT2D eigenvalue weighted by Crippen LogP contribution is 2.23. The molecule has 0 radical (unpaired) electrons. The SMILES string of the molecule is NC(=O)C(O)CNC(=O)c1cnc(Cl)c2ccccc12. The van der Waals surface area contributed by atoms with E-state index in [0.29, 0.717) is 21.5 Å². The molecule has 0 aliphatic heterocycles. The first-order valence-electron chi connectivity index (χ1n) is 5.79. The van der Waals surface area contributed by atoms with Gasteiger partial charge in [-0.3, -0.25) is 9.59 Å².